The van der Waals surface area contributed by atoms with E-state index in [9.17, 15) is 0 Å². The maximum atomic E-state index is 5.91. The average Bonchev–Trinajstić information content (AvgIpc) is 2.81. The second-order valence-electron chi connectivity index (χ2n) is 4.35. The number of ether oxygens (including phenoxy) is 1. The predicted octanol–water partition coefficient (Wildman–Crippen LogP) is 3.98. The first-order valence-electron chi connectivity index (χ1n) is 5.97. The number of nitrogens with one attached hydrogen (secondary N) is 1. The van der Waals surface area contributed by atoms with E-state index < -0.39 is 0 Å². The third-order valence-corrected chi connectivity index (χ3v) is 3.17. The van der Waals surface area contributed by atoms with E-state index in [1.165, 1.54) is 0 Å². The normalized spacial score (nSPS) is 10.8. The number of anilines is 1. The molecule has 0 aliphatic heterocycles. The van der Waals surface area contributed by atoms with Gasteiger partial charge in [0.05, 0.1) is 16.9 Å². The SMILES string of the molecule is Nc1cccc2cc(COc3cccc(Cl)c3)[nH]c12. The monoisotopic (exact) mass is 272 g/mol. The van der Waals surface area contributed by atoms with Gasteiger partial charge in [-0.1, -0.05) is 29.8 Å². The topological polar surface area (TPSA) is 51.0 Å². The number of rotatable bonds is 3. The molecule has 1 aromatic heterocycles. The molecule has 0 amide bonds. The summed E-state index contributed by atoms with van der Waals surface area (Å²) in [6.45, 7) is 0.453. The molecule has 0 atom stereocenters. The lowest BCUT2D eigenvalue weighted by molar-refractivity contribution is 0.302. The summed E-state index contributed by atoms with van der Waals surface area (Å²) < 4.78 is 5.69. The number of hydrogen-bond donors (Lipinski definition) is 2. The van der Waals surface area contributed by atoms with E-state index in [0.717, 1.165) is 28.0 Å². The number of para-hydroxylation sites is 1. The molecule has 3 aromatic rings. The minimum absolute atomic E-state index is 0.453. The van der Waals surface area contributed by atoms with Gasteiger partial charge in [-0.25, -0.2) is 0 Å². The molecule has 0 fully saturated rings. The Balaban J connectivity index is 1.80. The molecule has 0 saturated carbocycles. The Kier molecular flexibility index (Phi) is 3.05. The molecule has 3 N–H and O–H groups in total. The molecule has 0 unspecified atom stereocenters. The molecule has 0 spiro atoms. The molecular formula is C15H13ClN2O. The lowest BCUT2D eigenvalue weighted by Gasteiger charge is -2.04. The first kappa shape index (κ1) is 11.9. The van der Waals surface area contributed by atoms with Crippen molar-refractivity contribution in [1.29, 1.82) is 0 Å². The van der Waals surface area contributed by atoms with Crippen molar-refractivity contribution in [2.45, 2.75) is 6.61 Å². The van der Waals surface area contributed by atoms with Gasteiger partial charge >= 0.3 is 0 Å². The third kappa shape index (κ3) is 2.51. The van der Waals surface area contributed by atoms with Crippen molar-refractivity contribution < 1.29 is 4.74 Å². The molecule has 0 saturated heterocycles. The number of fused-ring (bicyclic) bond motifs is 1. The van der Waals surface area contributed by atoms with Crippen molar-refractivity contribution in [2.24, 2.45) is 0 Å². The van der Waals surface area contributed by atoms with E-state index in [1.54, 1.807) is 6.07 Å². The van der Waals surface area contributed by atoms with Crippen molar-refractivity contribution in [1.82, 2.24) is 4.98 Å². The molecule has 0 aliphatic rings. The van der Waals surface area contributed by atoms with Crippen molar-refractivity contribution in [3.8, 4) is 5.75 Å². The molecule has 1 heterocycles. The zero-order valence-corrected chi connectivity index (χ0v) is 10.9. The Morgan fingerprint density at radius 3 is 2.74 bits per heavy atom. The fourth-order valence-electron chi connectivity index (χ4n) is 2.03. The van der Waals surface area contributed by atoms with Gasteiger partial charge in [0.15, 0.2) is 0 Å². The van der Waals surface area contributed by atoms with Crippen molar-refractivity contribution >= 4 is 28.2 Å². The maximum absolute atomic E-state index is 5.91. The minimum Gasteiger partial charge on any atom is -0.487 e. The van der Waals surface area contributed by atoms with Gasteiger partial charge in [-0.2, -0.15) is 0 Å². The summed E-state index contributed by atoms with van der Waals surface area (Å²) >= 11 is 5.91. The van der Waals surface area contributed by atoms with Gasteiger partial charge in [-0.15, -0.1) is 0 Å². The van der Waals surface area contributed by atoms with Crippen LogP contribution in [0.15, 0.2) is 48.5 Å². The van der Waals surface area contributed by atoms with Gasteiger partial charge in [-0.05, 0) is 30.3 Å². The van der Waals surface area contributed by atoms with E-state index in [0.29, 0.717) is 11.6 Å². The molecule has 2 aromatic carbocycles. The molecular weight excluding hydrogens is 260 g/mol. The van der Waals surface area contributed by atoms with E-state index in [2.05, 4.69) is 4.98 Å². The standard InChI is InChI=1S/C15H13ClN2O/c16-11-4-2-5-13(8-11)19-9-12-7-10-3-1-6-14(17)15(10)18-12/h1-8,18H,9,17H2. The summed E-state index contributed by atoms with van der Waals surface area (Å²) in [6.07, 6.45) is 0. The molecule has 0 radical (unpaired) electrons. The summed E-state index contributed by atoms with van der Waals surface area (Å²) in [6, 6.07) is 15.2. The second kappa shape index (κ2) is 4.86. The van der Waals surface area contributed by atoms with Gasteiger partial charge in [-0.3, -0.25) is 0 Å². The number of benzene rings is 2. The summed E-state index contributed by atoms with van der Waals surface area (Å²) in [5.41, 5.74) is 8.58. The van der Waals surface area contributed by atoms with Crippen LogP contribution in [0.3, 0.4) is 0 Å². The first-order valence-corrected chi connectivity index (χ1v) is 6.34. The van der Waals surface area contributed by atoms with Crippen LogP contribution in [-0.4, -0.2) is 4.98 Å². The highest BCUT2D eigenvalue weighted by molar-refractivity contribution is 6.30. The van der Waals surface area contributed by atoms with E-state index >= 15 is 0 Å². The fraction of sp³-hybridized carbons (Fsp3) is 0.0667. The van der Waals surface area contributed by atoms with Crippen molar-refractivity contribution in [2.75, 3.05) is 5.73 Å². The van der Waals surface area contributed by atoms with Crippen LogP contribution in [0, 0.1) is 0 Å². The maximum Gasteiger partial charge on any atom is 0.128 e. The van der Waals surface area contributed by atoms with Crippen molar-refractivity contribution in [3.63, 3.8) is 0 Å². The van der Waals surface area contributed by atoms with Crippen LogP contribution in [0.4, 0.5) is 5.69 Å². The summed E-state index contributed by atoms with van der Waals surface area (Å²) in [5.74, 6) is 0.749. The van der Waals surface area contributed by atoms with Gasteiger partial charge in [0.1, 0.15) is 12.4 Å². The number of aromatic amines is 1. The zero-order chi connectivity index (χ0) is 13.2. The van der Waals surface area contributed by atoms with Crippen LogP contribution in [-0.2, 0) is 6.61 Å². The number of H-pyrrole nitrogens is 1. The molecule has 4 heteroatoms. The Hall–Kier alpha value is -2.13. The van der Waals surface area contributed by atoms with Gasteiger partial charge < -0.3 is 15.5 Å². The van der Waals surface area contributed by atoms with Gasteiger partial charge in [0, 0.05) is 10.4 Å². The lowest BCUT2D eigenvalue weighted by atomic mass is 10.2. The number of nitrogen functional groups attached to an aromatic ring is 1. The van der Waals surface area contributed by atoms with E-state index in [1.807, 2.05) is 42.5 Å². The summed E-state index contributed by atoms with van der Waals surface area (Å²) in [5, 5.41) is 1.75. The van der Waals surface area contributed by atoms with E-state index in [4.69, 9.17) is 22.1 Å². The summed E-state index contributed by atoms with van der Waals surface area (Å²) in [7, 11) is 0. The molecule has 3 nitrogen and oxygen atoms in total. The fourth-order valence-corrected chi connectivity index (χ4v) is 2.21. The number of nitrogens with two attached hydrogens (primary N) is 1. The molecule has 3 rings (SSSR count). The second-order valence-corrected chi connectivity index (χ2v) is 4.79. The number of aromatic nitrogens is 1. The highest BCUT2D eigenvalue weighted by atomic mass is 35.5. The Labute approximate surface area is 116 Å². The Bertz CT molecular complexity index is 721. The number of hydrogen-bond acceptors (Lipinski definition) is 2. The summed E-state index contributed by atoms with van der Waals surface area (Å²) in [4.78, 5) is 3.27. The van der Waals surface area contributed by atoms with Crippen molar-refractivity contribution in [3.05, 3.63) is 59.2 Å². The van der Waals surface area contributed by atoms with Gasteiger partial charge in [0.25, 0.3) is 0 Å². The Morgan fingerprint density at radius 1 is 1.11 bits per heavy atom. The third-order valence-electron chi connectivity index (χ3n) is 2.93. The van der Waals surface area contributed by atoms with E-state index in [-0.39, 0.29) is 0 Å². The zero-order valence-electron chi connectivity index (χ0n) is 10.2. The first-order chi connectivity index (χ1) is 9.22. The van der Waals surface area contributed by atoms with Gasteiger partial charge in [0.2, 0.25) is 0 Å². The van der Waals surface area contributed by atoms with Crippen LogP contribution in [0.1, 0.15) is 5.69 Å². The average molecular weight is 273 g/mol. The molecule has 0 aliphatic carbocycles. The predicted molar refractivity (Wildman–Crippen MR) is 78.5 cm³/mol. The Morgan fingerprint density at radius 2 is 1.95 bits per heavy atom. The molecule has 0 bridgehead atoms. The quantitative estimate of drug-likeness (QED) is 0.709. The highest BCUT2D eigenvalue weighted by Gasteiger charge is 2.04. The van der Waals surface area contributed by atoms with Crippen LogP contribution < -0.4 is 10.5 Å². The lowest BCUT2D eigenvalue weighted by Crippen LogP contribution is -1.95. The van der Waals surface area contributed by atoms with Crippen LogP contribution >= 0.6 is 11.6 Å². The smallest absolute Gasteiger partial charge is 0.128 e. The molecule has 96 valence electrons. The molecule has 19 heavy (non-hydrogen) atoms. The van der Waals surface area contributed by atoms with Crippen LogP contribution in [0.5, 0.6) is 5.75 Å². The van der Waals surface area contributed by atoms with Crippen LogP contribution in [0.25, 0.3) is 10.9 Å². The van der Waals surface area contributed by atoms with Crippen LogP contribution in [0.2, 0.25) is 5.02 Å². The number of halogens is 1. The minimum atomic E-state index is 0.453. The largest absolute Gasteiger partial charge is 0.487 e. The highest BCUT2D eigenvalue weighted by Crippen LogP contribution is 2.23.